The summed E-state index contributed by atoms with van der Waals surface area (Å²) < 4.78 is 1.58. The molecule has 126 valence electrons. The molecule has 4 rings (SSSR count). The minimum absolute atomic E-state index is 0.201. The van der Waals surface area contributed by atoms with E-state index in [0.717, 1.165) is 23.9 Å². The van der Waals surface area contributed by atoms with Gasteiger partial charge in [-0.15, -0.1) is 0 Å². The van der Waals surface area contributed by atoms with Gasteiger partial charge in [-0.05, 0) is 37.1 Å². The zero-order valence-electron chi connectivity index (χ0n) is 14.0. The summed E-state index contributed by atoms with van der Waals surface area (Å²) in [5.41, 5.74) is 2.52. The summed E-state index contributed by atoms with van der Waals surface area (Å²) in [6.07, 6.45) is 9.19. The van der Waals surface area contributed by atoms with Crippen LogP contribution < -0.4 is 5.49 Å². The third-order valence-corrected chi connectivity index (χ3v) is 4.61. The van der Waals surface area contributed by atoms with E-state index in [2.05, 4.69) is 9.97 Å². The number of carbonyl (C=O) groups is 1. The Labute approximate surface area is 146 Å². The van der Waals surface area contributed by atoms with Crippen LogP contribution in [0.3, 0.4) is 0 Å². The molecular weight excluding hydrogens is 312 g/mol. The normalized spacial score (nSPS) is 16.2. The number of para-hydroxylation sites is 2. The predicted molar refractivity (Wildman–Crippen MR) is 96.1 cm³/mol. The van der Waals surface area contributed by atoms with Crippen LogP contribution in [0.15, 0.2) is 59.9 Å². The molecule has 0 amide bonds. The van der Waals surface area contributed by atoms with E-state index in [1.807, 2.05) is 42.5 Å². The lowest BCUT2D eigenvalue weighted by Gasteiger charge is -2.17. The Balaban J connectivity index is 1.73. The van der Waals surface area contributed by atoms with Crippen molar-refractivity contribution in [2.24, 2.45) is 4.99 Å². The molecule has 0 spiro atoms. The van der Waals surface area contributed by atoms with Gasteiger partial charge >= 0.3 is 0 Å². The van der Waals surface area contributed by atoms with Crippen molar-refractivity contribution in [3.8, 4) is 0 Å². The van der Waals surface area contributed by atoms with Crippen LogP contribution in [0.25, 0.3) is 11.0 Å². The minimum atomic E-state index is -0.201. The van der Waals surface area contributed by atoms with Crippen molar-refractivity contribution in [3.05, 3.63) is 66.0 Å². The maximum absolute atomic E-state index is 13.0. The molecule has 2 heterocycles. The fourth-order valence-electron chi connectivity index (χ4n) is 3.29. The highest BCUT2D eigenvalue weighted by molar-refractivity contribution is 5.95. The fraction of sp³-hybridized carbons (Fsp3) is 0.300. The number of pyridine rings is 1. The molecule has 0 saturated heterocycles. The summed E-state index contributed by atoms with van der Waals surface area (Å²) >= 11 is 0. The Morgan fingerprint density at radius 1 is 1.00 bits per heavy atom. The number of rotatable bonds is 2. The van der Waals surface area contributed by atoms with Crippen molar-refractivity contribution in [1.29, 1.82) is 0 Å². The molecule has 0 unspecified atom stereocenters. The molecule has 1 aromatic carbocycles. The van der Waals surface area contributed by atoms with Gasteiger partial charge in [0.2, 0.25) is 0 Å². The monoisotopic (exact) mass is 332 g/mol. The molecule has 0 atom stereocenters. The Bertz CT molecular complexity index is 970. The van der Waals surface area contributed by atoms with Gasteiger partial charge in [-0.1, -0.05) is 37.5 Å². The van der Waals surface area contributed by atoms with Crippen molar-refractivity contribution in [2.45, 2.75) is 38.1 Å². The molecule has 25 heavy (non-hydrogen) atoms. The Morgan fingerprint density at radius 2 is 1.76 bits per heavy atom. The van der Waals surface area contributed by atoms with E-state index in [9.17, 15) is 4.79 Å². The van der Waals surface area contributed by atoms with Crippen molar-refractivity contribution in [2.75, 3.05) is 0 Å². The number of benzene rings is 1. The van der Waals surface area contributed by atoms with Crippen molar-refractivity contribution in [3.63, 3.8) is 0 Å². The zero-order chi connectivity index (χ0) is 17.1. The van der Waals surface area contributed by atoms with Gasteiger partial charge in [-0.2, -0.15) is 0 Å². The van der Waals surface area contributed by atoms with E-state index in [0.29, 0.717) is 17.2 Å². The van der Waals surface area contributed by atoms with E-state index in [-0.39, 0.29) is 5.91 Å². The molecule has 1 aliphatic rings. The molecular formula is C20H20N4O. The third kappa shape index (κ3) is 3.36. The van der Waals surface area contributed by atoms with Gasteiger partial charge in [0.25, 0.3) is 5.91 Å². The second-order valence-electron chi connectivity index (χ2n) is 6.40. The van der Waals surface area contributed by atoms with Crippen molar-refractivity contribution >= 4 is 16.9 Å². The number of fused-ring (bicyclic) bond motifs is 1. The molecule has 1 aliphatic carbocycles. The fourth-order valence-corrected chi connectivity index (χ4v) is 3.29. The minimum Gasteiger partial charge on any atom is -0.266 e. The van der Waals surface area contributed by atoms with Crippen LogP contribution in [0, 0.1) is 0 Å². The summed E-state index contributed by atoms with van der Waals surface area (Å²) in [5, 5.41) is 0. The average Bonchev–Trinajstić information content (AvgIpc) is 2.68. The van der Waals surface area contributed by atoms with Gasteiger partial charge in [0, 0.05) is 6.20 Å². The molecule has 2 aromatic heterocycles. The second-order valence-corrected chi connectivity index (χ2v) is 6.40. The van der Waals surface area contributed by atoms with Gasteiger partial charge in [-0.3, -0.25) is 19.3 Å². The van der Waals surface area contributed by atoms with Crippen LogP contribution in [0.4, 0.5) is 0 Å². The predicted octanol–water partition coefficient (Wildman–Crippen LogP) is 3.35. The molecule has 0 radical (unpaired) electrons. The van der Waals surface area contributed by atoms with Crippen molar-refractivity contribution in [1.82, 2.24) is 14.5 Å². The first-order chi connectivity index (χ1) is 12.3. The number of carbonyl (C=O) groups excluding carboxylic acids is 1. The lowest BCUT2D eigenvalue weighted by atomic mass is 9.96. The summed E-state index contributed by atoms with van der Waals surface area (Å²) in [5.74, 6) is -0.201. The van der Waals surface area contributed by atoms with Gasteiger partial charge in [0.1, 0.15) is 11.2 Å². The topological polar surface area (TPSA) is 60.1 Å². The van der Waals surface area contributed by atoms with E-state index in [1.165, 1.54) is 25.5 Å². The second kappa shape index (κ2) is 6.97. The summed E-state index contributed by atoms with van der Waals surface area (Å²) in [6.45, 7) is 0. The molecule has 0 aliphatic heterocycles. The zero-order valence-corrected chi connectivity index (χ0v) is 14.0. The standard InChI is InChI=1S/C20H20N4O/c25-20(18-14-21-16-10-4-5-11-17(16)23-18)24-13-7-6-12-19(24)22-15-8-2-1-3-9-15/h4-7,10-15H,1-3,8-9H2. The van der Waals surface area contributed by atoms with Gasteiger partial charge in [0.15, 0.2) is 0 Å². The number of nitrogens with zero attached hydrogens (tertiary/aromatic N) is 4. The first-order valence-corrected chi connectivity index (χ1v) is 8.79. The van der Waals surface area contributed by atoms with Crippen LogP contribution in [-0.2, 0) is 0 Å². The van der Waals surface area contributed by atoms with Crippen LogP contribution in [0.5, 0.6) is 0 Å². The molecule has 3 aromatic rings. The van der Waals surface area contributed by atoms with E-state index < -0.39 is 0 Å². The SMILES string of the molecule is O=C(c1cnc2ccccc2n1)n1ccccc1=NC1CCCCC1. The van der Waals surface area contributed by atoms with Crippen LogP contribution in [-0.4, -0.2) is 26.5 Å². The van der Waals surface area contributed by atoms with Crippen LogP contribution in [0.1, 0.15) is 42.6 Å². The molecule has 0 N–H and O–H groups in total. The number of hydrogen-bond acceptors (Lipinski definition) is 4. The summed E-state index contributed by atoms with van der Waals surface area (Å²) in [7, 11) is 0. The smallest absolute Gasteiger partial charge is 0.266 e. The summed E-state index contributed by atoms with van der Waals surface area (Å²) in [4.78, 5) is 26.6. The molecule has 5 heteroatoms. The maximum Gasteiger partial charge on any atom is 0.283 e. The van der Waals surface area contributed by atoms with E-state index >= 15 is 0 Å². The molecule has 5 nitrogen and oxygen atoms in total. The van der Waals surface area contributed by atoms with Crippen LogP contribution in [0.2, 0.25) is 0 Å². The maximum atomic E-state index is 13.0. The third-order valence-electron chi connectivity index (χ3n) is 4.61. The van der Waals surface area contributed by atoms with E-state index in [1.54, 1.807) is 10.8 Å². The Morgan fingerprint density at radius 3 is 2.60 bits per heavy atom. The largest absolute Gasteiger partial charge is 0.283 e. The van der Waals surface area contributed by atoms with Gasteiger partial charge in [0.05, 0.1) is 23.3 Å². The summed E-state index contributed by atoms with van der Waals surface area (Å²) in [6, 6.07) is 13.5. The molecule has 0 bridgehead atoms. The molecule has 1 fully saturated rings. The average molecular weight is 332 g/mol. The van der Waals surface area contributed by atoms with Gasteiger partial charge in [-0.25, -0.2) is 4.98 Å². The quantitative estimate of drug-likeness (QED) is 0.723. The Hall–Kier alpha value is -2.82. The highest BCUT2D eigenvalue weighted by Gasteiger charge is 2.15. The Kier molecular flexibility index (Phi) is 4.37. The number of aromatic nitrogens is 3. The van der Waals surface area contributed by atoms with Crippen molar-refractivity contribution < 1.29 is 4.79 Å². The first kappa shape index (κ1) is 15.7. The van der Waals surface area contributed by atoms with Crippen LogP contribution >= 0.6 is 0 Å². The van der Waals surface area contributed by atoms with E-state index in [4.69, 9.17) is 4.99 Å². The van der Waals surface area contributed by atoms with Gasteiger partial charge < -0.3 is 0 Å². The number of hydrogen-bond donors (Lipinski definition) is 0. The lowest BCUT2D eigenvalue weighted by Crippen LogP contribution is -2.29. The highest BCUT2D eigenvalue weighted by atomic mass is 16.2. The molecule has 1 saturated carbocycles. The first-order valence-electron chi connectivity index (χ1n) is 8.79. The lowest BCUT2D eigenvalue weighted by molar-refractivity contribution is 0.0949. The highest BCUT2D eigenvalue weighted by Crippen LogP contribution is 2.19.